The highest BCUT2D eigenvalue weighted by Crippen LogP contribution is 2.25. The number of nitrogens with zero attached hydrogens (tertiary/aromatic N) is 2. The van der Waals surface area contributed by atoms with E-state index >= 15 is 0 Å². The monoisotopic (exact) mass is 427 g/mol. The highest BCUT2D eigenvalue weighted by molar-refractivity contribution is 7.99. The van der Waals surface area contributed by atoms with Gasteiger partial charge in [-0.15, -0.1) is 11.8 Å². The van der Waals surface area contributed by atoms with Crippen LogP contribution in [0.3, 0.4) is 0 Å². The SMILES string of the molecule is CC(=C[C@H](C(C)C)N(C)C(=O)[C@@H](NC(=O)C1CCSCN1C)C(C)(C)C)C(=O)O. The molecule has 0 aromatic rings. The van der Waals surface area contributed by atoms with Gasteiger partial charge < -0.3 is 15.3 Å². The fraction of sp³-hybridized carbons (Fsp3) is 0.762. The number of rotatable bonds is 7. The fourth-order valence-electron chi connectivity index (χ4n) is 3.36. The number of aliphatic carboxylic acids is 1. The second-order valence-electron chi connectivity index (χ2n) is 9.25. The van der Waals surface area contributed by atoms with Crippen LogP contribution in [0.1, 0.15) is 48.0 Å². The van der Waals surface area contributed by atoms with Crippen molar-refractivity contribution in [3.05, 3.63) is 11.6 Å². The fourth-order valence-corrected chi connectivity index (χ4v) is 4.35. The first-order chi connectivity index (χ1) is 13.3. The number of hydrogen-bond acceptors (Lipinski definition) is 5. The zero-order chi connectivity index (χ0) is 22.5. The molecule has 0 aromatic heterocycles. The van der Waals surface area contributed by atoms with E-state index in [0.29, 0.717) is 0 Å². The topological polar surface area (TPSA) is 90.0 Å². The number of hydrogen-bond donors (Lipinski definition) is 2. The van der Waals surface area contributed by atoms with Crippen molar-refractivity contribution in [2.24, 2.45) is 11.3 Å². The van der Waals surface area contributed by atoms with Gasteiger partial charge in [0.2, 0.25) is 11.8 Å². The van der Waals surface area contributed by atoms with E-state index in [2.05, 4.69) is 5.32 Å². The van der Waals surface area contributed by atoms with Crippen LogP contribution in [0.25, 0.3) is 0 Å². The van der Waals surface area contributed by atoms with Gasteiger partial charge >= 0.3 is 5.97 Å². The third-order valence-electron chi connectivity index (χ3n) is 5.30. The number of carbonyl (C=O) groups is 3. The molecule has 1 rings (SSSR count). The van der Waals surface area contributed by atoms with Crippen LogP contribution < -0.4 is 5.32 Å². The summed E-state index contributed by atoms with van der Waals surface area (Å²) >= 11 is 1.79. The molecule has 3 atom stereocenters. The molecule has 1 aliphatic rings. The Kier molecular flexibility index (Phi) is 9.21. The van der Waals surface area contributed by atoms with Gasteiger partial charge in [-0.05, 0) is 37.5 Å². The predicted molar refractivity (Wildman–Crippen MR) is 118 cm³/mol. The van der Waals surface area contributed by atoms with Gasteiger partial charge in [0.1, 0.15) is 6.04 Å². The molecule has 1 saturated heterocycles. The zero-order valence-corrected chi connectivity index (χ0v) is 19.8. The summed E-state index contributed by atoms with van der Waals surface area (Å²) in [5.74, 6) is 0.387. The molecule has 0 radical (unpaired) electrons. The Hall–Kier alpha value is -1.54. The molecule has 0 bridgehead atoms. The molecule has 0 aliphatic carbocycles. The maximum Gasteiger partial charge on any atom is 0.331 e. The molecule has 1 heterocycles. The maximum absolute atomic E-state index is 13.4. The van der Waals surface area contributed by atoms with Crippen LogP contribution in [-0.4, -0.2) is 76.5 Å². The van der Waals surface area contributed by atoms with E-state index in [9.17, 15) is 19.5 Å². The van der Waals surface area contributed by atoms with Gasteiger partial charge in [0.15, 0.2) is 0 Å². The Labute approximate surface area is 179 Å². The van der Waals surface area contributed by atoms with Crippen LogP contribution in [0.5, 0.6) is 0 Å². The number of carboxylic acid groups (broad SMARTS) is 1. The summed E-state index contributed by atoms with van der Waals surface area (Å²) in [7, 11) is 3.59. The predicted octanol–water partition coefficient (Wildman–Crippen LogP) is 2.43. The van der Waals surface area contributed by atoms with Crippen molar-refractivity contribution >= 4 is 29.5 Å². The summed E-state index contributed by atoms with van der Waals surface area (Å²) in [6.07, 6.45) is 2.36. The van der Waals surface area contributed by atoms with Gasteiger partial charge in [-0.3, -0.25) is 14.5 Å². The van der Waals surface area contributed by atoms with Crippen LogP contribution in [0.4, 0.5) is 0 Å². The molecule has 1 aliphatic heterocycles. The quantitative estimate of drug-likeness (QED) is 0.607. The van der Waals surface area contributed by atoms with Gasteiger partial charge in [-0.1, -0.05) is 40.7 Å². The van der Waals surface area contributed by atoms with E-state index in [1.54, 1.807) is 29.8 Å². The number of amides is 2. The molecule has 2 amide bonds. The Morgan fingerprint density at radius 3 is 2.31 bits per heavy atom. The molecule has 166 valence electrons. The molecular formula is C21H37N3O4S. The van der Waals surface area contributed by atoms with Gasteiger partial charge in [-0.2, -0.15) is 0 Å². The summed E-state index contributed by atoms with van der Waals surface area (Å²) in [5.41, 5.74) is -0.295. The smallest absolute Gasteiger partial charge is 0.331 e. The van der Waals surface area contributed by atoms with Crippen LogP contribution in [0.15, 0.2) is 11.6 Å². The number of likely N-dealkylation sites (N-methyl/N-ethyl adjacent to an activating group) is 2. The van der Waals surface area contributed by atoms with E-state index in [4.69, 9.17) is 0 Å². The van der Waals surface area contributed by atoms with Crippen molar-refractivity contribution < 1.29 is 19.5 Å². The minimum atomic E-state index is -1.00. The molecule has 0 aromatic carbocycles. The third-order valence-corrected chi connectivity index (χ3v) is 6.42. The average molecular weight is 428 g/mol. The average Bonchev–Trinajstić information content (AvgIpc) is 2.61. The molecule has 8 heteroatoms. The summed E-state index contributed by atoms with van der Waals surface area (Å²) in [6.45, 7) is 11.2. The van der Waals surface area contributed by atoms with Crippen molar-refractivity contribution in [2.45, 2.75) is 66.1 Å². The number of carbonyl (C=O) groups excluding carboxylic acids is 2. The Bertz CT molecular complexity index is 642. The highest BCUT2D eigenvalue weighted by Gasteiger charge is 2.39. The molecule has 0 saturated carbocycles. The van der Waals surface area contributed by atoms with Gasteiger partial charge in [0.05, 0.1) is 12.1 Å². The third kappa shape index (κ3) is 7.03. The maximum atomic E-state index is 13.4. The molecule has 29 heavy (non-hydrogen) atoms. The highest BCUT2D eigenvalue weighted by atomic mass is 32.2. The van der Waals surface area contributed by atoms with Crippen LogP contribution >= 0.6 is 11.8 Å². The molecular weight excluding hydrogens is 390 g/mol. The first kappa shape index (κ1) is 25.5. The van der Waals surface area contributed by atoms with E-state index in [1.165, 1.54) is 6.92 Å². The minimum Gasteiger partial charge on any atom is -0.478 e. The molecule has 7 nitrogen and oxygen atoms in total. The standard InChI is InChI=1S/C21H37N3O4S/c1-13(2)16(11-14(3)20(27)28)24(8)19(26)17(21(4,5)6)22-18(25)15-9-10-29-12-23(15)7/h11,13,15-17H,9-10,12H2,1-8H3,(H,22,25)(H,27,28)/t15?,16-,17-/m1/s1. The molecule has 2 N–H and O–H groups in total. The largest absolute Gasteiger partial charge is 0.478 e. The van der Waals surface area contributed by atoms with Gasteiger partial charge in [0, 0.05) is 18.5 Å². The summed E-state index contributed by atoms with van der Waals surface area (Å²) in [6, 6.07) is -1.33. The molecule has 1 fully saturated rings. The lowest BCUT2D eigenvalue weighted by Gasteiger charge is -2.39. The molecule has 1 unspecified atom stereocenters. The van der Waals surface area contributed by atoms with E-state index in [-0.39, 0.29) is 35.4 Å². The molecule has 0 spiro atoms. The summed E-state index contributed by atoms with van der Waals surface area (Å²) in [4.78, 5) is 41.2. The number of thioether (sulfide) groups is 1. The van der Waals surface area contributed by atoms with Crippen molar-refractivity contribution in [2.75, 3.05) is 25.7 Å². The van der Waals surface area contributed by atoms with Gasteiger partial charge in [0.25, 0.3) is 0 Å². The van der Waals surface area contributed by atoms with Crippen molar-refractivity contribution in [1.29, 1.82) is 0 Å². The summed E-state index contributed by atoms with van der Waals surface area (Å²) in [5, 5.41) is 12.2. The van der Waals surface area contributed by atoms with Crippen LogP contribution in [0.2, 0.25) is 0 Å². The number of nitrogens with one attached hydrogen (secondary N) is 1. The van der Waals surface area contributed by atoms with E-state index in [1.807, 2.05) is 46.6 Å². The van der Waals surface area contributed by atoms with Crippen LogP contribution in [-0.2, 0) is 14.4 Å². The van der Waals surface area contributed by atoms with Gasteiger partial charge in [-0.25, -0.2) is 4.79 Å². The first-order valence-electron chi connectivity index (χ1n) is 10.0. The summed E-state index contributed by atoms with van der Waals surface area (Å²) < 4.78 is 0. The Morgan fingerprint density at radius 2 is 1.86 bits per heavy atom. The zero-order valence-electron chi connectivity index (χ0n) is 19.0. The number of carboxylic acids is 1. The second-order valence-corrected chi connectivity index (χ2v) is 10.3. The first-order valence-corrected chi connectivity index (χ1v) is 11.2. The van der Waals surface area contributed by atoms with Crippen molar-refractivity contribution in [3.8, 4) is 0 Å². The lowest BCUT2D eigenvalue weighted by Crippen LogP contribution is -2.59. The van der Waals surface area contributed by atoms with Crippen LogP contribution in [0, 0.1) is 11.3 Å². The van der Waals surface area contributed by atoms with Crippen molar-refractivity contribution in [1.82, 2.24) is 15.1 Å². The Morgan fingerprint density at radius 1 is 1.28 bits per heavy atom. The second kappa shape index (κ2) is 10.5. The lowest BCUT2D eigenvalue weighted by atomic mass is 9.84. The van der Waals surface area contributed by atoms with Crippen molar-refractivity contribution in [3.63, 3.8) is 0 Å². The van der Waals surface area contributed by atoms with E-state index < -0.39 is 17.4 Å². The normalized spacial score (nSPS) is 20.9. The lowest BCUT2D eigenvalue weighted by molar-refractivity contribution is -0.141. The Balaban J connectivity index is 3.10. The van der Waals surface area contributed by atoms with E-state index in [0.717, 1.165) is 18.1 Å². The minimum absolute atomic E-state index is 0.0241.